The molecule has 0 aromatic heterocycles. The molecule has 1 fully saturated rings. The highest BCUT2D eigenvalue weighted by Crippen LogP contribution is 2.56. The molecule has 0 amide bonds. The molecule has 2 heterocycles. The third kappa shape index (κ3) is 2.75. The number of benzene rings is 2. The van der Waals surface area contributed by atoms with Gasteiger partial charge < -0.3 is 15.2 Å². The van der Waals surface area contributed by atoms with E-state index in [0.29, 0.717) is 11.7 Å². The summed E-state index contributed by atoms with van der Waals surface area (Å²) in [5.74, 6) is 2.11. The van der Waals surface area contributed by atoms with Crippen LogP contribution < -0.4 is 10.1 Å². The number of ether oxygens (including phenoxy) is 1. The topological polar surface area (TPSA) is 41.5 Å². The maximum absolute atomic E-state index is 10.8. The molecule has 0 radical (unpaired) electrons. The molecule has 1 atom stereocenters. The molecule has 1 unspecified atom stereocenters. The number of phenols is 1. The van der Waals surface area contributed by atoms with E-state index in [-0.39, 0.29) is 11.5 Å². The van der Waals surface area contributed by atoms with Crippen molar-refractivity contribution in [1.29, 1.82) is 0 Å². The Kier molecular flexibility index (Phi) is 4.46. The summed E-state index contributed by atoms with van der Waals surface area (Å²) in [7, 11) is 0. The van der Waals surface area contributed by atoms with E-state index in [4.69, 9.17) is 4.74 Å². The van der Waals surface area contributed by atoms with Crippen LogP contribution in [0.2, 0.25) is 0 Å². The summed E-state index contributed by atoms with van der Waals surface area (Å²) in [5.41, 5.74) is 6.61. The number of piperidine rings is 1. The zero-order valence-electron chi connectivity index (χ0n) is 17.1. The van der Waals surface area contributed by atoms with Crippen LogP contribution in [0.4, 0.5) is 0 Å². The van der Waals surface area contributed by atoms with Crippen molar-refractivity contribution in [2.75, 3.05) is 13.1 Å². The third-order valence-electron chi connectivity index (χ3n) is 6.77. The van der Waals surface area contributed by atoms with E-state index < -0.39 is 0 Å². The Hall–Kier alpha value is -2.00. The van der Waals surface area contributed by atoms with E-state index >= 15 is 0 Å². The van der Waals surface area contributed by atoms with Gasteiger partial charge in [-0.25, -0.2) is 0 Å². The average molecular weight is 366 g/mol. The SMILES string of the molecule is Cc1c(C)c2c(c(C)c1O)C(c1ccc(C(C)C)cc1)C1(CCNCC1)O2. The molecule has 3 nitrogen and oxygen atoms in total. The fourth-order valence-electron chi connectivity index (χ4n) is 4.92. The molecule has 3 heteroatoms. The van der Waals surface area contributed by atoms with Gasteiger partial charge in [-0.15, -0.1) is 0 Å². The lowest BCUT2D eigenvalue weighted by molar-refractivity contribution is 0.0451. The Morgan fingerprint density at radius 2 is 1.63 bits per heavy atom. The maximum Gasteiger partial charge on any atom is 0.127 e. The van der Waals surface area contributed by atoms with E-state index in [1.54, 1.807) is 0 Å². The number of hydrogen-bond donors (Lipinski definition) is 2. The van der Waals surface area contributed by atoms with Gasteiger partial charge in [0.15, 0.2) is 0 Å². The highest BCUT2D eigenvalue weighted by atomic mass is 16.5. The Bertz CT molecular complexity index is 861. The summed E-state index contributed by atoms with van der Waals surface area (Å²) in [6.07, 6.45) is 1.97. The van der Waals surface area contributed by atoms with E-state index in [0.717, 1.165) is 48.4 Å². The Morgan fingerprint density at radius 3 is 2.22 bits per heavy atom. The molecular formula is C24H31NO2. The van der Waals surface area contributed by atoms with Gasteiger partial charge in [0, 0.05) is 18.4 Å². The van der Waals surface area contributed by atoms with Gasteiger partial charge in [0.1, 0.15) is 17.1 Å². The lowest BCUT2D eigenvalue weighted by Gasteiger charge is -2.38. The summed E-state index contributed by atoms with van der Waals surface area (Å²) in [5, 5.41) is 14.2. The molecule has 2 aliphatic heterocycles. The van der Waals surface area contributed by atoms with Crippen molar-refractivity contribution >= 4 is 0 Å². The summed E-state index contributed by atoms with van der Waals surface area (Å²) >= 11 is 0. The Labute approximate surface area is 162 Å². The highest BCUT2D eigenvalue weighted by molar-refractivity contribution is 5.63. The van der Waals surface area contributed by atoms with Gasteiger partial charge in [0.2, 0.25) is 0 Å². The Balaban J connectivity index is 1.91. The summed E-state index contributed by atoms with van der Waals surface area (Å²) in [4.78, 5) is 0. The normalized spacial score (nSPS) is 20.7. The zero-order valence-corrected chi connectivity index (χ0v) is 17.1. The van der Waals surface area contributed by atoms with Crippen LogP contribution in [0, 0.1) is 20.8 Å². The summed E-state index contributed by atoms with van der Waals surface area (Å²) in [6, 6.07) is 9.05. The number of rotatable bonds is 2. The molecule has 4 rings (SSSR count). The van der Waals surface area contributed by atoms with E-state index in [1.807, 2.05) is 13.8 Å². The second kappa shape index (κ2) is 6.56. The maximum atomic E-state index is 10.8. The van der Waals surface area contributed by atoms with Crippen molar-refractivity contribution in [2.24, 2.45) is 0 Å². The predicted octanol–water partition coefficient (Wildman–Crippen LogP) is 5.09. The van der Waals surface area contributed by atoms with Crippen molar-refractivity contribution in [3.63, 3.8) is 0 Å². The molecule has 0 bridgehead atoms. The summed E-state index contributed by atoms with van der Waals surface area (Å²) in [6.45, 7) is 12.5. The standard InChI is InChI=1S/C24H31NO2/c1-14(2)18-6-8-19(9-7-18)21-20-17(5)22(26)15(3)16(4)23(20)27-24(21)10-12-25-13-11-24/h6-9,14,21,25-26H,10-13H2,1-5H3. The number of hydrogen-bond acceptors (Lipinski definition) is 3. The monoisotopic (exact) mass is 365 g/mol. The third-order valence-corrected chi connectivity index (χ3v) is 6.77. The summed E-state index contributed by atoms with van der Waals surface area (Å²) < 4.78 is 6.78. The van der Waals surface area contributed by atoms with Crippen LogP contribution in [0.25, 0.3) is 0 Å². The predicted molar refractivity (Wildman–Crippen MR) is 110 cm³/mol. The first-order valence-corrected chi connectivity index (χ1v) is 10.2. The van der Waals surface area contributed by atoms with Crippen LogP contribution in [0.15, 0.2) is 24.3 Å². The molecule has 2 aromatic carbocycles. The lowest BCUT2D eigenvalue weighted by Crippen LogP contribution is -2.48. The minimum atomic E-state index is -0.220. The highest BCUT2D eigenvalue weighted by Gasteiger charge is 2.51. The van der Waals surface area contributed by atoms with Crippen LogP contribution in [0.1, 0.15) is 71.9 Å². The molecule has 2 N–H and O–H groups in total. The molecule has 144 valence electrons. The van der Waals surface area contributed by atoms with E-state index in [1.165, 1.54) is 16.7 Å². The van der Waals surface area contributed by atoms with E-state index in [2.05, 4.69) is 50.4 Å². The fraction of sp³-hybridized carbons (Fsp3) is 0.500. The molecule has 0 saturated carbocycles. The van der Waals surface area contributed by atoms with Crippen molar-refractivity contribution in [3.8, 4) is 11.5 Å². The lowest BCUT2D eigenvalue weighted by atomic mass is 9.72. The van der Waals surface area contributed by atoms with Gasteiger partial charge in [-0.2, -0.15) is 0 Å². The molecule has 1 spiro atoms. The first kappa shape index (κ1) is 18.4. The van der Waals surface area contributed by atoms with Crippen LogP contribution in [-0.4, -0.2) is 23.8 Å². The molecule has 1 saturated heterocycles. The zero-order chi connectivity index (χ0) is 19.3. The minimum Gasteiger partial charge on any atom is -0.507 e. The van der Waals surface area contributed by atoms with Crippen LogP contribution in [0.3, 0.4) is 0 Å². The van der Waals surface area contributed by atoms with Crippen molar-refractivity contribution in [2.45, 2.75) is 64.9 Å². The molecule has 2 aromatic rings. The number of aromatic hydroxyl groups is 1. The molecule has 2 aliphatic rings. The molecule has 27 heavy (non-hydrogen) atoms. The molecule has 0 aliphatic carbocycles. The quantitative estimate of drug-likeness (QED) is 0.779. The van der Waals surface area contributed by atoms with Crippen molar-refractivity contribution < 1.29 is 9.84 Å². The molecular weight excluding hydrogens is 334 g/mol. The number of nitrogens with one attached hydrogen (secondary N) is 1. The van der Waals surface area contributed by atoms with Crippen molar-refractivity contribution in [3.05, 3.63) is 57.6 Å². The van der Waals surface area contributed by atoms with Gasteiger partial charge in [0.25, 0.3) is 0 Å². The first-order valence-electron chi connectivity index (χ1n) is 10.2. The van der Waals surface area contributed by atoms with Crippen LogP contribution in [-0.2, 0) is 0 Å². The van der Waals surface area contributed by atoms with Crippen LogP contribution in [0.5, 0.6) is 11.5 Å². The Morgan fingerprint density at radius 1 is 1.00 bits per heavy atom. The first-order chi connectivity index (χ1) is 12.9. The minimum absolute atomic E-state index is 0.168. The fourth-order valence-corrected chi connectivity index (χ4v) is 4.92. The van der Waals surface area contributed by atoms with Gasteiger partial charge >= 0.3 is 0 Å². The van der Waals surface area contributed by atoms with Crippen molar-refractivity contribution in [1.82, 2.24) is 5.32 Å². The smallest absolute Gasteiger partial charge is 0.127 e. The van der Waals surface area contributed by atoms with Gasteiger partial charge in [-0.3, -0.25) is 0 Å². The number of fused-ring (bicyclic) bond motifs is 1. The van der Waals surface area contributed by atoms with Gasteiger partial charge in [-0.1, -0.05) is 38.1 Å². The second-order valence-electron chi connectivity index (χ2n) is 8.64. The largest absolute Gasteiger partial charge is 0.507 e. The number of phenolic OH excluding ortho intramolecular Hbond substituents is 1. The second-order valence-corrected chi connectivity index (χ2v) is 8.64. The van der Waals surface area contributed by atoms with Gasteiger partial charge in [-0.05, 0) is 67.6 Å². The average Bonchev–Trinajstić information content (AvgIpc) is 2.99. The van der Waals surface area contributed by atoms with E-state index in [9.17, 15) is 5.11 Å². The van der Waals surface area contributed by atoms with Gasteiger partial charge in [0.05, 0.1) is 5.92 Å². The van der Waals surface area contributed by atoms with Crippen LogP contribution >= 0.6 is 0 Å².